The molecule has 0 radical (unpaired) electrons. The molecule has 1 saturated heterocycles. The molecule has 0 spiro atoms. The summed E-state index contributed by atoms with van der Waals surface area (Å²) in [5.41, 5.74) is 4.80. The van der Waals surface area contributed by atoms with E-state index in [9.17, 15) is 9.00 Å². The molecular weight excluding hydrogens is 250 g/mol. The summed E-state index contributed by atoms with van der Waals surface area (Å²) in [7, 11) is -0.779. The van der Waals surface area contributed by atoms with Gasteiger partial charge < -0.3 is 10.3 Å². The zero-order chi connectivity index (χ0) is 13.1. The number of hydrazine groups is 1. The van der Waals surface area contributed by atoms with Crippen LogP contribution in [0.15, 0.2) is 18.2 Å². The lowest BCUT2D eigenvalue weighted by molar-refractivity contribution is 0.0772. The Labute approximate surface area is 109 Å². The molecule has 1 heterocycles. The largest absolute Gasteiger partial charge is 0.337 e. The Bertz CT molecular complexity index is 480. The van der Waals surface area contributed by atoms with E-state index in [0.29, 0.717) is 35.8 Å². The molecule has 2 rings (SSSR count). The molecule has 0 saturated carbocycles. The molecule has 6 heteroatoms. The number of carbonyl (C=O) groups excluding carboxylic acids is 1. The van der Waals surface area contributed by atoms with Crippen LogP contribution in [-0.4, -0.2) is 39.6 Å². The number of rotatable bonds is 2. The second-order valence-corrected chi connectivity index (χ2v) is 6.03. The Hall–Kier alpha value is -1.40. The average Bonchev–Trinajstić information content (AvgIpc) is 2.38. The van der Waals surface area contributed by atoms with Crippen molar-refractivity contribution in [3.63, 3.8) is 0 Å². The maximum Gasteiger partial charge on any atom is 0.256 e. The van der Waals surface area contributed by atoms with E-state index in [4.69, 9.17) is 5.84 Å². The molecule has 5 nitrogen and oxygen atoms in total. The predicted octanol–water partition coefficient (Wildman–Crippen LogP) is 0.485. The van der Waals surface area contributed by atoms with E-state index in [1.807, 2.05) is 19.1 Å². The fourth-order valence-corrected chi connectivity index (χ4v) is 3.03. The van der Waals surface area contributed by atoms with Gasteiger partial charge in [-0.2, -0.15) is 0 Å². The number of aryl methyl sites for hydroxylation is 1. The highest BCUT2D eigenvalue weighted by atomic mass is 32.2. The molecule has 1 aliphatic rings. The molecule has 1 amide bonds. The third kappa shape index (κ3) is 2.70. The summed E-state index contributed by atoms with van der Waals surface area (Å²) in [6.07, 6.45) is 0. The molecule has 1 aromatic carbocycles. The van der Waals surface area contributed by atoms with Crippen molar-refractivity contribution in [1.29, 1.82) is 0 Å². The van der Waals surface area contributed by atoms with E-state index in [1.165, 1.54) is 0 Å². The van der Waals surface area contributed by atoms with Gasteiger partial charge in [0.15, 0.2) is 0 Å². The standard InChI is InChI=1S/C12H17N3O2S/c1-9-2-3-10(11(8-9)14-13)12(16)15-4-6-18(17)7-5-15/h2-3,8,14H,4-7,13H2,1H3. The zero-order valence-electron chi connectivity index (χ0n) is 10.3. The maximum atomic E-state index is 12.3. The third-order valence-corrected chi connectivity index (χ3v) is 4.30. The Morgan fingerprint density at radius 2 is 2.06 bits per heavy atom. The fraction of sp³-hybridized carbons (Fsp3) is 0.417. The van der Waals surface area contributed by atoms with Crippen LogP contribution >= 0.6 is 0 Å². The van der Waals surface area contributed by atoms with E-state index in [-0.39, 0.29) is 5.91 Å². The lowest BCUT2D eigenvalue weighted by Crippen LogP contribution is -2.42. The number of hydrogen-bond acceptors (Lipinski definition) is 4. The number of nitrogens with zero attached hydrogens (tertiary/aromatic N) is 1. The first-order valence-corrected chi connectivity index (χ1v) is 7.32. The Kier molecular flexibility index (Phi) is 3.98. The van der Waals surface area contributed by atoms with Crippen LogP contribution in [0.2, 0.25) is 0 Å². The van der Waals surface area contributed by atoms with Gasteiger partial charge in [-0.15, -0.1) is 0 Å². The van der Waals surface area contributed by atoms with Crippen molar-refractivity contribution < 1.29 is 9.00 Å². The van der Waals surface area contributed by atoms with Gasteiger partial charge in [0.2, 0.25) is 0 Å². The van der Waals surface area contributed by atoms with Crippen molar-refractivity contribution in [1.82, 2.24) is 4.90 Å². The summed E-state index contributed by atoms with van der Waals surface area (Å²) in [5, 5.41) is 0. The minimum atomic E-state index is -0.779. The van der Waals surface area contributed by atoms with Crippen molar-refractivity contribution in [3.8, 4) is 0 Å². The summed E-state index contributed by atoms with van der Waals surface area (Å²) in [4.78, 5) is 14.1. The second kappa shape index (κ2) is 5.49. The van der Waals surface area contributed by atoms with E-state index >= 15 is 0 Å². The number of carbonyl (C=O) groups is 1. The summed E-state index contributed by atoms with van der Waals surface area (Å²) in [5.74, 6) is 6.50. The van der Waals surface area contributed by atoms with Crippen LogP contribution in [0.3, 0.4) is 0 Å². The van der Waals surface area contributed by atoms with Crippen LogP contribution < -0.4 is 11.3 Å². The van der Waals surface area contributed by atoms with Crippen LogP contribution in [0.4, 0.5) is 5.69 Å². The minimum Gasteiger partial charge on any atom is -0.337 e. The monoisotopic (exact) mass is 267 g/mol. The molecule has 0 aliphatic carbocycles. The van der Waals surface area contributed by atoms with Gasteiger partial charge in [0.25, 0.3) is 5.91 Å². The molecule has 0 atom stereocenters. The third-order valence-electron chi connectivity index (χ3n) is 3.03. The smallest absolute Gasteiger partial charge is 0.256 e. The molecule has 0 unspecified atom stereocenters. The minimum absolute atomic E-state index is 0.0559. The molecule has 1 aliphatic heterocycles. The normalized spacial score (nSPS) is 16.7. The quantitative estimate of drug-likeness (QED) is 0.604. The van der Waals surface area contributed by atoms with Crippen LogP contribution in [0.25, 0.3) is 0 Å². The molecule has 3 N–H and O–H groups in total. The predicted molar refractivity (Wildman–Crippen MR) is 72.8 cm³/mol. The summed E-state index contributed by atoms with van der Waals surface area (Å²) in [6, 6.07) is 5.50. The van der Waals surface area contributed by atoms with Crippen molar-refractivity contribution in [2.24, 2.45) is 5.84 Å². The molecule has 98 valence electrons. The van der Waals surface area contributed by atoms with Gasteiger partial charge in [0.1, 0.15) is 0 Å². The first-order chi connectivity index (χ1) is 8.61. The van der Waals surface area contributed by atoms with Gasteiger partial charge in [-0.1, -0.05) is 6.07 Å². The number of nitrogen functional groups attached to an aromatic ring is 1. The Morgan fingerprint density at radius 1 is 1.39 bits per heavy atom. The van der Waals surface area contributed by atoms with Crippen LogP contribution in [0.1, 0.15) is 15.9 Å². The van der Waals surface area contributed by atoms with Gasteiger partial charge in [0.05, 0.1) is 11.3 Å². The second-order valence-electron chi connectivity index (χ2n) is 4.33. The topological polar surface area (TPSA) is 75.4 Å². The van der Waals surface area contributed by atoms with Gasteiger partial charge in [0, 0.05) is 35.4 Å². The Morgan fingerprint density at radius 3 is 2.67 bits per heavy atom. The van der Waals surface area contributed by atoms with Crippen molar-refractivity contribution in [2.45, 2.75) is 6.92 Å². The molecule has 1 aromatic rings. The number of amides is 1. The van der Waals surface area contributed by atoms with E-state index in [2.05, 4.69) is 5.43 Å². The number of nitrogens with two attached hydrogens (primary N) is 1. The highest BCUT2D eigenvalue weighted by Crippen LogP contribution is 2.19. The molecule has 18 heavy (non-hydrogen) atoms. The Balaban J connectivity index is 2.20. The van der Waals surface area contributed by atoms with Crippen molar-refractivity contribution in [2.75, 3.05) is 30.0 Å². The lowest BCUT2D eigenvalue weighted by Gasteiger charge is -2.27. The van der Waals surface area contributed by atoms with Gasteiger partial charge in [-0.05, 0) is 24.6 Å². The molecule has 0 bridgehead atoms. The van der Waals surface area contributed by atoms with Gasteiger partial charge in [-0.3, -0.25) is 14.8 Å². The molecular formula is C12H17N3O2S. The van der Waals surface area contributed by atoms with E-state index in [0.717, 1.165) is 5.56 Å². The van der Waals surface area contributed by atoms with Crippen LogP contribution in [-0.2, 0) is 10.8 Å². The maximum absolute atomic E-state index is 12.3. The number of hydrogen-bond donors (Lipinski definition) is 2. The zero-order valence-corrected chi connectivity index (χ0v) is 11.1. The van der Waals surface area contributed by atoms with Crippen LogP contribution in [0, 0.1) is 6.92 Å². The van der Waals surface area contributed by atoms with E-state index in [1.54, 1.807) is 11.0 Å². The fourth-order valence-electron chi connectivity index (χ4n) is 1.98. The van der Waals surface area contributed by atoms with E-state index < -0.39 is 10.8 Å². The van der Waals surface area contributed by atoms with Crippen LogP contribution in [0.5, 0.6) is 0 Å². The van der Waals surface area contributed by atoms with Crippen molar-refractivity contribution in [3.05, 3.63) is 29.3 Å². The summed E-state index contributed by atoms with van der Waals surface area (Å²) >= 11 is 0. The van der Waals surface area contributed by atoms with Gasteiger partial charge >= 0.3 is 0 Å². The summed E-state index contributed by atoms with van der Waals surface area (Å²) in [6.45, 7) is 3.03. The highest BCUT2D eigenvalue weighted by Gasteiger charge is 2.22. The number of anilines is 1. The molecule has 1 fully saturated rings. The average molecular weight is 267 g/mol. The lowest BCUT2D eigenvalue weighted by atomic mass is 10.1. The first kappa shape index (κ1) is 13.0. The number of benzene rings is 1. The van der Waals surface area contributed by atoms with Crippen molar-refractivity contribution >= 4 is 22.4 Å². The molecule has 0 aromatic heterocycles. The SMILES string of the molecule is Cc1ccc(C(=O)N2CCS(=O)CC2)c(NN)c1. The first-order valence-electron chi connectivity index (χ1n) is 5.83. The number of nitrogens with one attached hydrogen (secondary N) is 1. The summed E-state index contributed by atoms with van der Waals surface area (Å²) < 4.78 is 11.3. The highest BCUT2D eigenvalue weighted by molar-refractivity contribution is 7.85. The van der Waals surface area contributed by atoms with Gasteiger partial charge in [-0.25, -0.2) is 0 Å².